The van der Waals surface area contributed by atoms with Gasteiger partial charge in [0.1, 0.15) is 30.5 Å². The molecule has 0 radical (unpaired) electrons. The Balaban J connectivity index is 2.39. The van der Waals surface area contributed by atoms with E-state index in [4.69, 9.17) is 18.9 Å². The van der Waals surface area contributed by atoms with Crippen molar-refractivity contribution in [1.29, 1.82) is 0 Å². The summed E-state index contributed by atoms with van der Waals surface area (Å²) in [4.78, 5) is 12.9. The van der Waals surface area contributed by atoms with Crippen molar-refractivity contribution in [3.63, 3.8) is 0 Å². The monoisotopic (exact) mass is 939 g/mol. The molecule has 0 aromatic heterocycles. The van der Waals surface area contributed by atoms with E-state index >= 15 is 0 Å². The summed E-state index contributed by atoms with van der Waals surface area (Å²) in [6, 6.07) is 0. The van der Waals surface area contributed by atoms with E-state index in [1.807, 2.05) is 0 Å². The number of esters is 1. The standard InChI is InChI=1S/C52H90O12S/c1-3-5-7-9-11-13-15-17-19-21-22-23-24-25-26-28-30-32-34-36-38-40-42-60-44-46(45-61-52-50(56)51(64-65(57,58)59)49(55)47(43-53)63-52)62-48(54)41-39-37-35-33-31-29-27-20-18-16-14-12-10-8-6-4-2/h5,7,11,13,17,19-20,22-23,25-27,46-47,49-53,55-56H,3-4,6,8-10,12,14-16,18,21,24,28-45H2,1-2H3,(H,57,58,59)/b7-5-,13-11-,19-17-,23-22-,26-25-,27-20-. The van der Waals surface area contributed by atoms with Crippen LogP contribution >= 0.6 is 0 Å². The minimum atomic E-state index is -5.07. The van der Waals surface area contributed by atoms with E-state index < -0.39 is 59.8 Å². The molecule has 0 aliphatic carbocycles. The van der Waals surface area contributed by atoms with Gasteiger partial charge in [0.25, 0.3) is 0 Å². The van der Waals surface area contributed by atoms with Gasteiger partial charge in [0.2, 0.25) is 0 Å². The number of carbonyl (C=O) groups excluding carboxylic acids is 1. The van der Waals surface area contributed by atoms with Crippen molar-refractivity contribution < 1.29 is 56.2 Å². The van der Waals surface area contributed by atoms with Crippen molar-refractivity contribution in [2.75, 3.05) is 26.4 Å². The van der Waals surface area contributed by atoms with Gasteiger partial charge in [-0.25, -0.2) is 4.18 Å². The molecule has 0 amide bonds. The topological polar surface area (TPSA) is 178 Å². The Morgan fingerprint density at radius 1 is 0.600 bits per heavy atom. The van der Waals surface area contributed by atoms with Crippen molar-refractivity contribution in [3.05, 3.63) is 72.9 Å². The molecule has 0 spiro atoms. The number of aliphatic hydroxyl groups excluding tert-OH is 3. The lowest BCUT2D eigenvalue weighted by Gasteiger charge is -2.41. The predicted molar refractivity (Wildman–Crippen MR) is 262 cm³/mol. The fourth-order valence-corrected chi connectivity index (χ4v) is 7.79. The maximum atomic E-state index is 12.9. The minimum Gasteiger partial charge on any atom is -0.457 e. The Labute approximate surface area is 394 Å². The van der Waals surface area contributed by atoms with Gasteiger partial charge in [0, 0.05) is 13.0 Å². The smallest absolute Gasteiger partial charge is 0.397 e. The average molecular weight is 939 g/mol. The van der Waals surface area contributed by atoms with Gasteiger partial charge in [-0.2, -0.15) is 8.42 Å². The van der Waals surface area contributed by atoms with Crippen molar-refractivity contribution in [2.45, 2.75) is 224 Å². The summed E-state index contributed by atoms with van der Waals surface area (Å²) in [5.41, 5.74) is 0. The summed E-state index contributed by atoms with van der Waals surface area (Å²) in [5.74, 6) is -0.415. The van der Waals surface area contributed by atoms with E-state index in [1.54, 1.807) is 0 Å². The predicted octanol–water partition coefficient (Wildman–Crippen LogP) is 11.5. The van der Waals surface area contributed by atoms with Crippen LogP contribution in [0.25, 0.3) is 0 Å². The van der Waals surface area contributed by atoms with Crippen molar-refractivity contribution in [1.82, 2.24) is 0 Å². The molecular formula is C52H90O12S. The van der Waals surface area contributed by atoms with E-state index in [0.717, 1.165) is 109 Å². The number of ether oxygens (including phenoxy) is 4. The summed E-state index contributed by atoms with van der Waals surface area (Å²) >= 11 is 0. The Kier molecular flexibility index (Phi) is 39.9. The quantitative estimate of drug-likeness (QED) is 0.0197. The van der Waals surface area contributed by atoms with Gasteiger partial charge in [-0.3, -0.25) is 9.35 Å². The van der Waals surface area contributed by atoms with Gasteiger partial charge in [-0.15, -0.1) is 0 Å². The van der Waals surface area contributed by atoms with E-state index in [1.165, 1.54) is 51.4 Å². The third-order valence-corrected chi connectivity index (χ3v) is 11.5. The molecule has 65 heavy (non-hydrogen) atoms. The van der Waals surface area contributed by atoms with Crippen LogP contribution in [0.2, 0.25) is 0 Å². The van der Waals surface area contributed by atoms with Gasteiger partial charge in [-0.1, -0.05) is 170 Å². The van der Waals surface area contributed by atoms with Crippen LogP contribution in [0.15, 0.2) is 72.9 Å². The highest BCUT2D eigenvalue weighted by Crippen LogP contribution is 2.26. The van der Waals surface area contributed by atoms with Crippen molar-refractivity contribution in [2.24, 2.45) is 0 Å². The van der Waals surface area contributed by atoms with Crippen LogP contribution in [0.4, 0.5) is 0 Å². The third kappa shape index (κ3) is 36.3. The maximum Gasteiger partial charge on any atom is 0.397 e. The summed E-state index contributed by atoms with van der Waals surface area (Å²) in [6.07, 6.45) is 46.4. The lowest BCUT2D eigenvalue weighted by molar-refractivity contribution is -0.301. The first-order valence-corrected chi connectivity index (χ1v) is 26.6. The Bertz CT molecular complexity index is 1410. The molecule has 1 rings (SSSR count). The molecule has 0 aromatic carbocycles. The Morgan fingerprint density at radius 3 is 1.57 bits per heavy atom. The lowest BCUT2D eigenvalue weighted by atomic mass is 9.99. The van der Waals surface area contributed by atoms with Crippen LogP contribution in [-0.2, 0) is 38.3 Å². The molecular weight excluding hydrogens is 849 g/mol. The third-order valence-electron chi connectivity index (χ3n) is 11.1. The highest BCUT2D eigenvalue weighted by molar-refractivity contribution is 7.80. The Hall–Kier alpha value is -2.46. The number of unbranched alkanes of at least 4 members (excludes halogenated alkanes) is 18. The zero-order valence-electron chi connectivity index (χ0n) is 40.3. The number of carbonyl (C=O) groups is 1. The zero-order chi connectivity index (χ0) is 47.5. The normalized spacial score (nSPS) is 20.2. The molecule has 0 saturated carbocycles. The summed E-state index contributed by atoms with van der Waals surface area (Å²) < 4.78 is 59.2. The first-order valence-electron chi connectivity index (χ1n) is 25.2. The van der Waals surface area contributed by atoms with Gasteiger partial charge < -0.3 is 34.3 Å². The van der Waals surface area contributed by atoms with Gasteiger partial charge >= 0.3 is 16.4 Å². The average Bonchev–Trinajstić information content (AvgIpc) is 3.28. The molecule has 6 unspecified atom stereocenters. The second kappa shape index (κ2) is 42.9. The van der Waals surface area contributed by atoms with Gasteiger partial charge in [0.15, 0.2) is 6.29 Å². The molecule has 0 aromatic rings. The highest BCUT2D eigenvalue weighted by Gasteiger charge is 2.48. The molecule has 12 nitrogen and oxygen atoms in total. The van der Waals surface area contributed by atoms with Gasteiger partial charge in [0.05, 0.1) is 19.8 Å². The van der Waals surface area contributed by atoms with Crippen LogP contribution in [0.3, 0.4) is 0 Å². The number of hydrogen-bond acceptors (Lipinski definition) is 11. The first kappa shape index (κ1) is 60.6. The van der Waals surface area contributed by atoms with Crippen LogP contribution in [0, 0.1) is 0 Å². The summed E-state index contributed by atoms with van der Waals surface area (Å²) in [7, 11) is -5.07. The minimum absolute atomic E-state index is 0.0191. The maximum absolute atomic E-state index is 12.9. The van der Waals surface area contributed by atoms with Crippen LogP contribution < -0.4 is 0 Å². The molecule has 13 heteroatoms. The molecule has 1 heterocycles. The fraction of sp³-hybridized carbons (Fsp3) is 0.750. The number of rotatable bonds is 43. The van der Waals surface area contributed by atoms with Crippen LogP contribution in [0.5, 0.6) is 0 Å². The number of aliphatic hydroxyl groups is 3. The second-order valence-electron chi connectivity index (χ2n) is 17.0. The second-order valence-corrected chi connectivity index (χ2v) is 18.1. The summed E-state index contributed by atoms with van der Waals surface area (Å²) in [5, 5.41) is 30.7. The number of allylic oxidation sites excluding steroid dienone is 12. The number of hydrogen-bond donors (Lipinski definition) is 4. The van der Waals surface area contributed by atoms with Crippen LogP contribution in [0.1, 0.15) is 187 Å². The fourth-order valence-electron chi connectivity index (χ4n) is 7.28. The molecule has 1 aliphatic heterocycles. The van der Waals surface area contributed by atoms with Crippen molar-refractivity contribution in [3.8, 4) is 0 Å². The van der Waals surface area contributed by atoms with Crippen LogP contribution in [-0.4, -0.2) is 97.5 Å². The lowest BCUT2D eigenvalue weighted by Crippen LogP contribution is -2.60. The largest absolute Gasteiger partial charge is 0.457 e. The SMILES string of the molecule is CC/C=C\C/C=C\C/C=C\C/C=C\C/C=C\CCCCCCCCOCC(COC1OC(CO)C(O)C(OS(=O)(=O)O)C1O)OC(=O)CCCCCCC/C=C\CCCCCCCCC. The molecule has 1 aliphatic rings. The van der Waals surface area contributed by atoms with E-state index in [0.29, 0.717) is 13.0 Å². The Morgan fingerprint density at radius 2 is 1.06 bits per heavy atom. The molecule has 1 fully saturated rings. The zero-order valence-corrected chi connectivity index (χ0v) is 41.1. The summed E-state index contributed by atoms with van der Waals surface area (Å²) in [6.45, 7) is 3.83. The van der Waals surface area contributed by atoms with Gasteiger partial charge in [-0.05, 0) is 83.5 Å². The molecule has 376 valence electrons. The molecule has 6 atom stereocenters. The first-order chi connectivity index (χ1) is 31.6. The molecule has 0 bridgehead atoms. The van der Waals surface area contributed by atoms with E-state index in [-0.39, 0.29) is 19.6 Å². The van der Waals surface area contributed by atoms with E-state index in [9.17, 15) is 33.1 Å². The molecule has 4 N–H and O–H groups in total. The van der Waals surface area contributed by atoms with Crippen molar-refractivity contribution >= 4 is 16.4 Å². The van der Waals surface area contributed by atoms with E-state index in [2.05, 4.69) is 90.9 Å². The highest BCUT2D eigenvalue weighted by atomic mass is 32.3. The molecule has 1 saturated heterocycles.